The lowest BCUT2D eigenvalue weighted by Crippen LogP contribution is -2.09. The van der Waals surface area contributed by atoms with Gasteiger partial charge in [0.2, 0.25) is 0 Å². The summed E-state index contributed by atoms with van der Waals surface area (Å²) in [5.74, 6) is 0. The molecular weight excluding hydrogens is 247 g/mol. The third-order valence-electron chi connectivity index (χ3n) is 1.78. The Morgan fingerprint density at radius 2 is 1.71 bits per heavy atom. The zero-order chi connectivity index (χ0) is 13.1. The lowest BCUT2D eigenvalue weighted by Gasteiger charge is -2.13. The summed E-state index contributed by atoms with van der Waals surface area (Å²) in [5, 5.41) is 0. The Kier molecular flexibility index (Phi) is 4.25. The maximum atomic E-state index is 12.6. The summed E-state index contributed by atoms with van der Waals surface area (Å²) in [7, 11) is 0. The van der Waals surface area contributed by atoms with Crippen molar-refractivity contribution in [2.75, 3.05) is 0 Å². The van der Waals surface area contributed by atoms with Gasteiger partial charge in [0.25, 0.3) is 0 Å². The Labute approximate surface area is 103 Å². The number of nitrogens with zero attached hydrogens (tertiary/aromatic N) is 1. The SMILES string of the molecule is CC(C)(C)SN=Cc1ccccc1C(F)(F)F. The highest BCUT2D eigenvalue weighted by Crippen LogP contribution is 2.31. The summed E-state index contributed by atoms with van der Waals surface area (Å²) in [6.07, 6.45) is -3.08. The molecule has 1 nitrogen and oxygen atoms in total. The van der Waals surface area contributed by atoms with Gasteiger partial charge in [0, 0.05) is 16.5 Å². The normalized spacial score (nSPS) is 13.3. The average molecular weight is 261 g/mol. The van der Waals surface area contributed by atoms with Crippen molar-refractivity contribution in [3.8, 4) is 0 Å². The predicted molar refractivity (Wildman–Crippen MR) is 66.4 cm³/mol. The van der Waals surface area contributed by atoms with E-state index in [1.807, 2.05) is 20.8 Å². The van der Waals surface area contributed by atoms with Crippen LogP contribution in [0, 0.1) is 0 Å². The van der Waals surface area contributed by atoms with Crippen molar-refractivity contribution in [2.45, 2.75) is 31.7 Å². The van der Waals surface area contributed by atoms with E-state index < -0.39 is 11.7 Å². The molecule has 94 valence electrons. The monoisotopic (exact) mass is 261 g/mol. The molecule has 1 aromatic carbocycles. The van der Waals surface area contributed by atoms with Crippen LogP contribution in [0.2, 0.25) is 0 Å². The molecule has 5 heteroatoms. The topological polar surface area (TPSA) is 12.4 Å². The minimum Gasteiger partial charge on any atom is -0.223 e. The van der Waals surface area contributed by atoms with Gasteiger partial charge in [0.1, 0.15) is 0 Å². The third kappa shape index (κ3) is 4.81. The zero-order valence-electron chi connectivity index (χ0n) is 9.88. The van der Waals surface area contributed by atoms with Crippen LogP contribution < -0.4 is 0 Å². The fourth-order valence-corrected chi connectivity index (χ4v) is 1.59. The van der Waals surface area contributed by atoms with Crippen LogP contribution in [0.1, 0.15) is 31.9 Å². The van der Waals surface area contributed by atoms with Crippen molar-refractivity contribution in [1.82, 2.24) is 0 Å². The summed E-state index contributed by atoms with van der Waals surface area (Å²) in [6.45, 7) is 5.85. The molecule has 1 rings (SSSR count). The molecule has 17 heavy (non-hydrogen) atoms. The molecule has 0 heterocycles. The second-order valence-corrected chi connectivity index (χ2v) is 6.14. The molecule has 0 spiro atoms. The number of hydrogen-bond donors (Lipinski definition) is 0. The molecule has 0 radical (unpaired) electrons. The molecule has 0 saturated carbocycles. The van der Waals surface area contributed by atoms with Crippen molar-refractivity contribution in [3.63, 3.8) is 0 Å². The molecule has 0 N–H and O–H groups in total. The molecule has 0 aliphatic heterocycles. The number of halogens is 3. The van der Waals surface area contributed by atoms with Gasteiger partial charge >= 0.3 is 6.18 Å². The van der Waals surface area contributed by atoms with E-state index in [1.165, 1.54) is 30.3 Å². The second kappa shape index (κ2) is 5.12. The Bertz CT molecular complexity index is 405. The standard InChI is InChI=1S/C12H14F3NS/c1-11(2,3)17-16-8-9-6-4-5-7-10(9)12(13,14)15/h4-8H,1-3H3. The van der Waals surface area contributed by atoms with Crippen LogP contribution in [-0.2, 0) is 6.18 Å². The quantitative estimate of drug-likeness (QED) is 0.561. The Balaban J connectivity index is 2.92. The summed E-state index contributed by atoms with van der Waals surface area (Å²) in [4.78, 5) is 0. The molecule has 0 saturated heterocycles. The molecule has 0 unspecified atom stereocenters. The molecule has 0 aromatic heterocycles. The van der Waals surface area contributed by atoms with E-state index in [2.05, 4.69) is 4.40 Å². The Hall–Kier alpha value is -0.970. The van der Waals surface area contributed by atoms with E-state index >= 15 is 0 Å². The highest BCUT2D eigenvalue weighted by molar-refractivity contribution is 7.99. The minimum atomic E-state index is -4.34. The first-order valence-corrected chi connectivity index (χ1v) is 5.85. The largest absolute Gasteiger partial charge is 0.417 e. The van der Waals surface area contributed by atoms with Gasteiger partial charge in [-0.15, -0.1) is 0 Å². The summed E-state index contributed by atoms with van der Waals surface area (Å²) < 4.78 is 41.8. The second-order valence-electron chi connectivity index (χ2n) is 4.52. The van der Waals surface area contributed by atoms with Crippen molar-refractivity contribution in [2.24, 2.45) is 4.40 Å². The van der Waals surface area contributed by atoms with Gasteiger partial charge in [-0.25, -0.2) is 4.40 Å². The van der Waals surface area contributed by atoms with Gasteiger partial charge in [-0.1, -0.05) is 18.2 Å². The van der Waals surface area contributed by atoms with E-state index in [9.17, 15) is 13.2 Å². The molecule has 0 bridgehead atoms. The van der Waals surface area contributed by atoms with Crippen LogP contribution >= 0.6 is 11.9 Å². The minimum absolute atomic E-state index is 0.0942. The first kappa shape index (κ1) is 14.1. The average Bonchev–Trinajstić information content (AvgIpc) is 2.15. The Morgan fingerprint density at radius 3 is 2.24 bits per heavy atom. The highest BCUT2D eigenvalue weighted by Gasteiger charge is 2.32. The van der Waals surface area contributed by atoms with Crippen LogP contribution in [0.5, 0.6) is 0 Å². The Morgan fingerprint density at radius 1 is 1.12 bits per heavy atom. The van der Waals surface area contributed by atoms with Gasteiger partial charge in [-0.05, 0) is 38.8 Å². The van der Waals surface area contributed by atoms with Crippen molar-refractivity contribution in [3.05, 3.63) is 35.4 Å². The maximum Gasteiger partial charge on any atom is 0.417 e. The molecule has 0 aliphatic carbocycles. The van der Waals surface area contributed by atoms with Crippen LogP contribution in [0.3, 0.4) is 0 Å². The van der Waals surface area contributed by atoms with Gasteiger partial charge in [0.15, 0.2) is 0 Å². The van der Waals surface area contributed by atoms with Crippen LogP contribution in [0.4, 0.5) is 13.2 Å². The van der Waals surface area contributed by atoms with Crippen LogP contribution in [0.25, 0.3) is 0 Å². The fourth-order valence-electron chi connectivity index (χ4n) is 1.11. The lowest BCUT2D eigenvalue weighted by atomic mass is 10.1. The third-order valence-corrected chi connectivity index (χ3v) is 2.54. The van der Waals surface area contributed by atoms with E-state index in [0.29, 0.717) is 0 Å². The van der Waals surface area contributed by atoms with E-state index in [-0.39, 0.29) is 10.3 Å². The van der Waals surface area contributed by atoms with Gasteiger partial charge in [0.05, 0.1) is 5.56 Å². The number of alkyl halides is 3. The predicted octanol–water partition coefficient (Wildman–Crippen LogP) is 4.57. The van der Waals surface area contributed by atoms with E-state index in [1.54, 1.807) is 6.07 Å². The lowest BCUT2D eigenvalue weighted by molar-refractivity contribution is -0.137. The summed E-state index contributed by atoms with van der Waals surface area (Å²) in [5.41, 5.74) is -0.560. The first-order valence-electron chi connectivity index (χ1n) is 5.08. The maximum absolute atomic E-state index is 12.6. The van der Waals surface area contributed by atoms with Gasteiger partial charge in [-0.3, -0.25) is 0 Å². The molecule has 0 fully saturated rings. The van der Waals surface area contributed by atoms with Gasteiger partial charge in [-0.2, -0.15) is 13.2 Å². The van der Waals surface area contributed by atoms with E-state index in [4.69, 9.17) is 0 Å². The van der Waals surface area contributed by atoms with Gasteiger partial charge < -0.3 is 0 Å². The van der Waals surface area contributed by atoms with Crippen LogP contribution in [0.15, 0.2) is 28.7 Å². The fraction of sp³-hybridized carbons (Fsp3) is 0.417. The molecule has 0 aliphatic rings. The molecular formula is C12H14F3NS. The zero-order valence-corrected chi connectivity index (χ0v) is 10.7. The molecule has 1 aromatic rings. The van der Waals surface area contributed by atoms with Crippen molar-refractivity contribution < 1.29 is 13.2 Å². The number of hydrogen-bond acceptors (Lipinski definition) is 2. The van der Waals surface area contributed by atoms with Crippen molar-refractivity contribution in [1.29, 1.82) is 0 Å². The van der Waals surface area contributed by atoms with E-state index in [0.717, 1.165) is 6.07 Å². The molecule has 0 atom stereocenters. The van der Waals surface area contributed by atoms with Crippen molar-refractivity contribution >= 4 is 18.2 Å². The highest BCUT2D eigenvalue weighted by atomic mass is 32.2. The number of rotatable bonds is 2. The number of benzene rings is 1. The summed E-state index contributed by atoms with van der Waals surface area (Å²) >= 11 is 1.25. The van der Waals surface area contributed by atoms with Crippen LogP contribution in [-0.4, -0.2) is 11.0 Å². The summed E-state index contributed by atoms with van der Waals surface area (Å²) in [6, 6.07) is 5.41. The smallest absolute Gasteiger partial charge is 0.223 e. The molecule has 0 amide bonds. The first-order chi connectivity index (χ1) is 7.70.